The van der Waals surface area contributed by atoms with Crippen LogP contribution in [0.25, 0.3) is 0 Å². The van der Waals surface area contributed by atoms with Gasteiger partial charge < -0.3 is 5.32 Å². The van der Waals surface area contributed by atoms with Crippen LogP contribution in [-0.4, -0.2) is 36.9 Å². The largest absolute Gasteiger partial charge is 0.353 e. The summed E-state index contributed by atoms with van der Waals surface area (Å²) in [6.45, 7) is 5.73. The summed E-state index contributed by atoms with van der Waals surface area (Å²) in [5.41, 5.74) is 1.56. The maximum absolute atomic E-state index is 11.9. The number of halogens is 1. The van der Waals surface area contributed by atoms with Gasteiger partial charge in [0.25, 0.3) is 0 Å². The Kier molecular flexibility index (Phi) is 4.99. The maximum atomic E-state index is 11.9. The molecule has 124 valence electrons. The minimum absolute atomic E-state index is 0.0122. The van der Waals surface area contributed by atoms with E-state index in [2.05, 4.69) is 15.5 Å². The second-order valence-electron chi connectivity index (χ2n) is 5.09. The van der Waals surface area contributed by atoms with Crippen molar-refractivity contribution in [3.05, 3.63) is 38.4 Å². The van der Waals surface area contributed by atoms with Crippen LogP contribution in [0.3, 0.4) is 0 Å². The van der Waals surface area contributed by atoms with Crippen LogP contribution < -0.4 is 5.32 Å². The van der Waals surface area contributed by atoms with E-state index in [-0.39, 0.29) is 18.1 Å². The van der Waals surface area contributed by atoms with Crippen molar-refractivity contribution in [1.82, 2.24) is 24.9 Å². The topological polar surface area (TPSA) is 108 Å². The molecule has 23 heavy (non-hydrogen) atoms. The fraction of sp³-hybridized carbons (Fsp3) is 0.462. The lowest BCUT2D eigenvalue weighted by molar-refractivity contribution is -0.386. The van der Waals surface area contributed by atoms with Crippen molar-refractivity contribution in [2.24, 2.45) is 0 Å². The third kappa shape index (κ3) is 3.67. The number of carbonyl (C=O) groups excluding carboxylic acids is 1. The second-order valence-corrected chi connectivity index (χ2v) is 5.49. The van der Waals surface area contributed by atoms with E-state index in [0.29, 0.717) is 29.5 Å². The molecule has 0 bridgehead atoms. The number of hydrogen-bond acceptors (Lipinski definition) is 5. The predicted octanol–water partition coefficient (Wildman–Crippen LogP) is 1.38. The van der Waals surface area contributed by atoms with Gasteiger partial charge in [-0.2, -0.15) is 10.2 Å². The molecule has 0 atom stereocenters. The average Bonchev–Trinajstić information content (AvgIpc) is 2.92. The van der Waals surface area contributed by atoms with Crippen LogP contribution in [0.2, 0.25) is 5.02 Å². The molecule has 0 aliphatic rings. The molecule has 1 amide bonds. The minimum atomic E-state index is -0.447. The fourth-order valence-electron chi connectivity index (χ4n) is 2.25. The van der Waals surface area contributed by atoms with Crippen LogP contribution >= 0.6 is 11.6 Å². The molecule has 0 aliphatic carbocycles. The monoisotopic (exact) mass is 340 g/mol. The Balaban J connectivity index is 1.90. The predicted molar refractivity (Wildman–Crippen MR) is 83.3 cm³/mol. The Bertz CT molecular complexity index is 751. The van der Waals surface area contributed by atoms with Gasteiger partial charge in [0, 0.05) is 6.54 Å². The quantitative estimate of drug-likeness (QED) is 0.631. The smallest absolute Gasteiger partial charge is 0.312 e. The molecule has 0 radical (unpaired) electrons. The number of nitrogens with one attached hydrogen (secondary N) is 1. The lowest BCUT2D eigenvalue weighted by Gasteiger charge is -2.07. The fourth-order valence-corrected chi connectivity index (χ4v) is 2.39. The summed E-state index contributed by atoms with van der Waals surface area (Å²) < 4.78 is 3.02. The van der Waals surface area contributed by atoms with Gasteiger partial charge >= 0.3 is 5.69 Å². The first-order chi connectivity index (χ1) is 10.8. The highest BCUT2D eigenvalue weighted by atomic mass is 35.5. The van der Waals surface area contributed by atoms with Crippen molar-refractivity contribution in [2.75, 3.05) is 6.54 Å². The van der Waals surface area contributed by atoms with Crippen LogP contribution in [0.1, 0.15) is 17.1 Å². The second kappa shape index (κ2) is 6.78. The highest BCUT2D eigenvalue weighted by Crippen LogP contribution is 2.21. The zero-order valence-corrected chi connectivity index (χ0v) is 13.8. The molecule has 2 rings (SSSR count). The van der Waals surface area contributed by atoms with Crippen molar-refractivity contribution < 1.29 is 9.72 Å². The summed E-state index contributed by atoms with van der Waals surface area (Å²) in [6.07, 6.45) is 1.49. The van der Waals surface area contributed by atoms with Gasteiger partial charge in [0.15, 0.2) is 0 Å². The Morgan fingerprint density at radius 3 is 2.57 bits per heavy atom. The number of aryl methyl sites for hydroxylation is 1. The molecule has 2 aromatic rings. The van der Waals surface area contributed by atoms with Crippen molar-refractivity contribution >= 4 is 23.2 Å². The van der Waals surface area contributed by atoms with Crippen molar-refractivity contribution in [1.29, 1.82) is 0 Å². The maximum Gasteiger partial charge on any atom is 0.312 e. The van der Waals surface area contributed by atoms with E-state index < -0.39 is 4.92 Å². The van der Waals surface area contributed by atoms with Gasteiger partial charge in [0.2, 0.25) is 5.91 Å². The standard InChI is InChI=1S/C13H17ClN6O3/c1-8-13(20(22)23)10(3)18(17-8)5-4-15-12(21)7-19-9(2)11(14)6-16-19/h6H,4-5,7H2,1-3H3,(H,15,21). The van der Waals surface area contributed by atoms with E-state index in [1.54, 1.807) is 20.8 Å². The Labute approximate surface area is 137 Å². The van der Waals surface area contributed by atoms with E-state index in [1.165, 1.54) is 15.6 Å². The number of carbonyl (C=O) groups is 1. The third-order valence-electron chi connectivity index (χ3n) is 3.51. The lowest BCUT2D eigenvalue weighted by Crippen LogP contribution is -2.31. The molecule has 2 heterocycles. The molecule has 10 heteroatoms. The molecule has 0 saturated carbocycles. The van der Waals surface area contributed by atoms with E-state index in [9.17, 15) is 14.9 Å². The SMILES string of the molecule is Cc1nn(CCNC(=O)Cn2ncc(Cl)c2C)c(C)c1[N+](=O)[O-]. The molecule has 0 unspecified atom stereocenters. The molecule has 0 aromatic carbocycles. The molecule has 0 fully saturated rings. The Morgan fingerprint density at radius 1 is 1.35 bits per heavy atom. The summed E-state index contributed by atoms with van der Waals surface area (Å²) in [4.78, 5) is 22.4. The van der Waals surface area contributed by atoms with Gasteiger partial charge in [-0.25, -0.2) is 0 Å². The summed E-state index contributed by atoms with van der Waals surface area (Å²) in [7, 11) is 0. The highest BCUT2D eigenvalue weighted by Gasteiger charge is 2.21. The van der Waals surface area contributed by atoms with Gasteiger partial charge in [-0.05, 0) is 20.8 Å². The van der Waals surface area contributed by atoms with Crippen LogP contribution in [0.15, 0.2) is 6.20 Å². The van der Waals surface area contributed by atoms with Crippen LogP contribution in [0.4, 0.5) is 5.69 Å². The lowest BCUT2D eigenvalue weighted by atomic mass is 10.3. The molecular weight excluding hydrogens is 324 g/mol. The van der Waals surface area contributed by atoms with Gasteiger partial charge in [0.1, 0.15) is 17.9 Å². The molecule has 0 spiro atoms. The number of amides is 1. The first-order valence-corrected chi connectivity index (χ1v) is 7.32. The number of rotatable bonds is 6. The molecule has 9 nitrogen and oxygen atoms in total. The first kappa shape index (κ1) is 16.9. The summed E-state index contributed by atoms with van der Waals surface area (Å²) in [5, 5.41) is 22.3. The highest BCUT2D eigenvalue weighted by molar-refractivity contribution is 6.31. The summed E-state index contributed by atoms with van der Waals surface area (Å²) in [6, 6.07) is 0. The minimum Gasteiger partial charge on any atom is -0.353 e. The summed E-state index contributed by atoms with van der Waals surface area (Å²) in [5.74, 6) is -0.219. The molecule has 2 aromatic heterocycles. The van der Waals surface area contributed by atoms with Gasteiger partial charge in [-0.15, -0.1) is 0 Å². The molecule has 0 aliphatic heterocycles. The average molecular weight is 341 g/mol. The van der Waals surface area contributed by atoms with E-state index in [4.69, 9.17) is 11.6 Å². The zero-order chi connectivity index (χ0) is 17.1. The van der Waals surface area contributed by atoms with Crippen LogP contribution in [-0.2, 0) is 17.9 Å². The van der Waals surface area contributed by atoms with E-state index >= 15 is 0 Å². The van der Waals surface area contributed by atoms with E-state index in [1.807, 2.05) is 0 Å². The van der Waals surface area contributed by atoms with Crippen molar-refractivity contribution in [2.45, 2.75) is 33.9 Å². The number of hydrogen-bond donors (Lipinski definition) is 1. The van der Waals surface area contributed by atoms with Crippen molar-refractivity contribution in [3.63, 3.8) is 0 Å². The number of aromatic nitrogens is 4. The van der Waals surface area contributed by atoms with Gasteiger partial charge in [0.05, 0.1) is 28.4 Å². The molecular formula is C13H17ClN6O3. The van der Waals surface area contributed by atoms with Crippen LogP contribution in [0.5, 0.6) is 0 Å². The van der Waals surface area contributed by atoms with Crippen LogP contribution in [0, 0.1) is 30.9 Å². The molecule has 0 saturated heterocycles. The first-order valence-electron chi connectivity index (χ1n) is 6.94. The zero-order valence-electron chi connectivity index (χ0n) is 13.0. The summed E-state index contributed by atoms with van der Waals surface area (Å²) >= 11 is 5.88. The third-order valence-corrected chi connectivity index (χ3v) is 3.88. The van der Waals surface area contributed by atoms with Gasteiger partial charge in [-0.1, -0.05) is 11.6 Å². The number of nitrogens with zero attached hydrogens (tertiary/aromatic N) is 5. The molecule has 1 N–H and O–H groups in total. The number of nitro groups is 1. The van der Waals surface area contributed by atoms with Crippen molar-refractivity contribution in [3.8, 4) is 0 Å². The van der Waals surface area contributed by atoms with E-state index in [0.717, 1.165) is 5.69 Å². The Morgan fingerprint density at radius 2 is 2.04 bits per heavy atom. The Hall–Kier alpha value is -2.42. The van der Waals surface area contributed by atoms with Gasteiger partial charge in [-0.3, -0.25) is 24.3 Å². The normalized spacial score (nSPS) is 10.8.